The Hall–Kier alpha value is -1.74. The third-order valence-electron chi connectivity index (χ3n) is 3.98. The van der Waals surface area contributed by atoms with Gasteiger partial charge in [-0.15, -0.1) is 0 Å². The summed E-state index contributed by atoms with van der Waals surface area (Å²) in [5.74, 6) is 0. The first-order chi connectivity index (χ1) is 12.1. The van der Waals surface area contributed by atoms with Crippen LogP contribution < -0.4 is 4.72 Å². The van der Waals surface area contributed by atoms with Crippen LogP contribution >= 0.6 is 0 Å². The van der Waals surface area contributed by atoms with E-state index < -0.39 is 20.0 Å². The Morgan fingerprint density at radius 3 is 2.12 bits per heavy atom. The molecule has 0 fully saturated rings. The van der Waals surface area contributed by atoms with Gasteiger partial charge in [-0.25, -0.2) is 21.6 Å². The van der Waals surface area contributed by atoms with Crippen molar-refractivity contribution in [2.75, 3.05) is 19.3 Å². The van der Waals surface area contributed by atoms with Gasteiger partial charge in [-0.2, -0.15) is 4.31 Å². The van der Waals surface area contributed by atoms with Gasteiger partial charge in [0.25, 0.3) is 0 Å². The smallest absolute Gasteiger partial charge is 0.212 e. The van der Waals surface area contributed by atoms with Gasteiger partial charge < -0.3 is 0 Å². The number of aryl methyl sites for hydroxylation is 2. The molecule has 0 spiro atoms. The van der Waals surface area contributed by atoms with Gasteiger partial charge in [0.1, 0.15) is 0 Å². The first-order valence-electron chi connectivity index (χ1n) is 8.15. The number of nitrogens with one attached hydrogen (secondary N) is 1. The fraction of sp³-hybridized carbons (Fsp3) is 0.333. The molecular weight excluding hydrogens is 372 g/mol. The third-order valence-corrected chi connectivity index (χ3v) is 6.86. The molecule has 0 aliphatic carbocycles. The molecule has 0 unspecified atom stereocenters. The molecule has 1 N–H and O–H groups in total. The van der Waals surface area contributed by atoms with Gasteiger partial charge in [0.2, 0.25) is 20.0 Å². The second kappa shape index (κ2) is 8.30. The molecule has 0 bridgehead atoms. The summed E-state index contributed by atoms with van der Waals surface area (Å²) in [7, 11) is -7.15. The summed E-state index contributed by atoms with van der Waals surface area (Å²) in [5, 5.41) is 0. The standard InChI is InChI=1S/C18H24N2O4S2/c1-15-8-10-17(11-9-15)14-20(25(3,21)22)13-12-19-26(23,24)18-7-5-4-6-16(18)2/h4-11,19H,12-14H2,1-3H3. The second-order valence-corrected chi connectivity index (χ2v) is 9.96. The summed E-state index contributed by atoms with van der Waals surface area (Å²) in [6.07, 6.45) is 1.12. The molecule has 0 aromatic heterocycles. The van der Waals surface area contributed by atoms with Crippen LogP contribution in [0, 0.1) is 13.8 Å². The van der Waals surface area contributed by atoms with Crippen molar-refractivity contribution >= 4 is 20.0 Å². The van der Waals surface area contributed by atoms with E-state index in [1.54, 1.807) is 25.1 Å². The van der Waals surface area contributed by atoms with Gasteiger partial charge in [0, 0.05) is 19.6 Å². The van der Waals surface area contributed by atoms with Crippen LogP contribution in [0.3, 0.4) is 0 Å². The molecule has 0 aliphatic rings. The highest BCUT2D eigenvalue weighted by molar-refractivity contribution is 7.89. The minimum Gasteiger partial charge on any atom is -0.212 e. The fourth-order valence-electron chi connectivity index (χ4n) is 2.50. The summed E-state index contributed by atoms with van der Waals surface area (Å²) in [6.45, 7) is 3.92. The highest BCUT2D eigenvalue weighted by Gasteiger charge is 2.20. The maximum absolute atomic E-state index is 12.4. The second-order valence-electron chi connectivity index (χ2n) is 6.25. The Labute approximate surface area is 156 Å². The van der Waals surface area contributed by atoms with Crippen LogP contribution in [0.1, 0.15) is 16.7 Å². The number of hydrogen-bond donors (Lipinski definition) is 1. The Bertz CT molecular complexity index is 953. The Morgan fingerprint density at radius 1 is 0.923 bits per heavy atom. The lowest BCUT2D eigenvalue weighted by molar-refractivity contribution is 0.412. The molecule has 2 aromatic carbocycles. The predicted molar refractivity (Wildman–Crippen MR) is 103 cm³/mol. The van der Waals surface area contributed by atoms with Gasteiger partial charge in [0.15, 0.2) is 0 Å². The highest BCUT2D eigenvalue weighted by Crippen LogP contribution is 2.14. The van der Waals surface area contributed by atoms with E-state index in [2.05, 4.69) is 4.72 Å². The molecule has 0 amide bonds. The van der Waals surface area contributed by atoms with Crippen LogP contribution in [0.4, 0.5) is 0 Å². The molecular formula is C18H24N2O4S2. The summed E-state index contributed by atoms with van der Waals surface area (Å²) >= 11 is 0. The van der Waals surface area contributed by atoms with Gasteiger partial charge in [-0.1, -0.05) is 48.0 Å². The lowest BCUT2D eigenvalue weighted by atomic mass is 10.1. The average molecular weight is 397 g/mol. The van der Waals surface area contributed by atoms with Gasteiger partial charge in [-0.3, -0.25) is 0 Å². The fourth-order valence-corrected chi connectivity index (χ4v) is 4.57. The van der Waals surface area contributed by atoms with E-state index in [0.717, 1.165) is 17.4 Å². The van der Waals surface area contributed by atoms with Crippen molar-refractivity contribution in [3.8, 4) is 0 Å². The van der Waals surface area contributed by atoms with Crippen LogP contribution in [0.25, 0.3) is 0 Å². The quantitative estimate of drug-likeness (QED) is 0.740. The molecule has 8 heteroatoms. The molecule has 0 radical (unpaired) electrons. The molecule has 0 aliphatic heterocycles. The maximum atomic E-state index is 12.4. The Morgan fingerprint density at radius 2 is 1.54 bits per heavy atom. The molecule has 0 saturated heterocycles. The van der Waals surface area contributed by atoms with Gasteiger partial charge >= 0.3 is 0 Å². The van der Waals surface area contributed by atoms with Crippen LogP contribution in [0.2, 0.25) is 0 Å². The molecule has 0 saturated carbocycles. The minimum absolute atomic E-state index is 0.00437. The van der Waals surface area contributed by atoms with Crippen molar-refractivity contribution in [2.45, 2.75) is 25.3 Å². The first-order valence-corrected chi connectivity index (χ1v) is 11.5. The lowest BCUT2D eigenvalue weighted by Gasteiger charge is -2.20. The van der Waals surface area contributed by atoms with Crippen LogP contribution in [0.5, 0.6) is 0 Å². The number of sulfonamides is 2. The number of nitrogens with zero attached hydrogens (tertiary/aromatic N) is 1. The van der Waals surface area contributed by atoms with E-state index in [4.69, 9.17) is 0 Å². The van der Waals surface area contributed by atoms with E-state index in [-0.39, 0.29) is 24.5 Å². The molecule has 0 atom stereocenters. The van der Waals surface area contributed by atoms with E-state index in [9.17, 15) is 16.8 Å². The molecule has 2 rings (SSSR count). The Kier molecular flexibility index (Phi) is 6.57. The summed E-state index contributed by atoms with van der Waals surface area (Å²) in [5.41, 5.74) is 2.58. The van der Waals surface area contributed by atoms with E-state index in [1.165, 1.54) is 10.4 Å². The van der Waals surface area contributed by atoms with Crippen molar-refractivity contribution in [1.82, 2.24) is 9.03 Å². The zero-order valence-corrected chi connectivity index (χ0v) is 16.8. The number of hydrogen-bond acceptors (Lipinski definition) is 4. The summed E-state index contributed by atoms with van der Waals surface area (Å²) < 4.78 is 52.6. The molecule has 0 heterocycles. The summed E-state index contributed by atoms with van der Waals surface area (Å²) in [4.78, 5) is 0.199. The zero-order valence-electron chi connectivity index (χ0n) is 15.1. The zero-order chi connectivity index (χ0) is 19.4. The molecule has 142 valence electrons. The highest BCUT2D eigenvalue weighted by atomic mass is 32.2. The van der Waals surface area contributed by atoms with Crippen molar-refractivity contribution in [2.24, 2.45) is 0 Å². The Balaban J connectivity index is 2.06. The van der Waals surface area contributed by atoms with Crippen molar-refractivity contribution < 1.29 is 16.8 Å². The molecule has 2 aromatic rings. The lowest BCUT2D eigenvalue weighted by Crippen LogP contribution is -2.37. The third kappa shape index (κ3) is 5.63. The van der Waals surface area contributed by atoms with Crippen molar-refractivity contribution in [3.63, 3.8) is 0 Å². The maximum Gasteiger partial charge on any atom is 0.240 e. The SMILES string of the molecule is Cc1ccc(CN(CCNS(=O)(=O)c2ccccc2C)S(C)(=O)=O)cc1. The number of benzene rings is 2. The van der Waals surface area contributed by atoms with Crippen molar-refractivity contribution in [1.29, 1.82) is 0 Å². The average Bonchev–Trinajstić information content (AvgIpc) is 2.55. The van der Waals surface area contributed by atoms with E-state index in [1.807, 2.05) is 31.2 Å². The van der Waals surface area contributed by atoms with Crippen LogP contribution in [-0.2, 0) is 26.6 Å². The van der Waals surface area contributed by atoms with E-state index >= 15 is 0 Å². The van der Waals surface area contributed by atoms with Crippen molar-refractivity contribution in [3.05, 3.63) is 65.2 Å². The predicted octanol–water partition coefficient (Wildman–Crippen LogP) is 2.04. The monoisotopic (exact) mass is 396 g/mol. The van der Waals surface area contributed by atoms with Gasteiger partial charge in [0.05, 0.1) is 11.2 Å². The van der Waals surface area contributed by atoms with E-state index in [0.29, 0.717) is 5.56 Å². The van der Waals surface area contributed by atoms with Crippen LogP contribution in [-0.4, -0.2) is 40.5 Å². The summed E-state index contributed by atoms with van der Waals surface area (Å²) in [6, 6.07) is 14.2. The molecule has 6 nitrogen and oxygen atoms in total. The first kappa shape index (κ1) is 20.6. The minimum atomic E-state index is -3.68. The van der Waals surface area contributed by atoms with Crippen LogP contribution in [0.15, 0.2) is 53.4 Å². The van der Waals surface area contributed by atoms with Gasteiger partial charge in [-0.05, 0) is 31.0 Å². The molecule has 26 heavy (non-hydrogen) atoms. The number of rotatable bonds is 8. The topological polar surface area (TPSA) is 83.6 Å². The largest absolute Gasteiger partial charge is 0.240 e. The normalized spacial score (nSPS) is 12.5.